The fourth-order valence-electron chi connectivity index (χ4n) is 1.21. The molecule has 44 heavy (non-hydrogen) atoms. The number of hydrogen-bond acceptors (Lipinski definition) is 12. The SMILES string of the molecule is O=P(O)(O)O.O=P(O)(O)O.O=P(O)(O)O.O=P(O)(O)O.O=P(O)(O)O.O=P(O)(O)O.OC1C(O)C(O)C(O)C(O)C1O.[Ca].[H-].[H-].[Mg+2]. The Morgan fingerprint density at radius 2 is 0.295 bits per heavy atom. The molecule has 24 N–H and O–H groups in total. The van der Waals surface area contributed by atoms with Gasteiger partial charge in [0.1, 0.15) is 36.6 Å². The molecule has 270 valence electrons. The van der Waals surface area contributed by atoms with Gasteiger partial charge in [-0.1, -0.05) is 0 Å². The summed E-state index contributed by atoms with van der Waals surface area (Å²) in [6.45, 7) is 0. The van der Waals surface area contributed by atoms with E-state index in [1.165, 1.54) is 0 Å². The molecule has 0 atom stereocenters. The molecule has 38 heteroatoms. The quantitative estimate of drug-likeness (QED) is 0.0795. The Hall–Kier alpha value is 2.45. The monoisotopic (exact) mass is 834 g/mol. The third-order valence-corrected chi connectivity index (χ3v) is 2.10. The van der Waals surface area contributed by atoms with Crippen LogP contribution in [0.1, 0.15) is 2.85 Å². The standard InChI is InChI=1S/C6H12O6.Ca.Mg.6H3O4P.2H/c7-1-2(8)4(10)6(12)5(11)3(1)9;;;6*1-5(2,3)4;;/h1-12H;;;6*(H3,1,2,3,4);;/q;;+2;;;;;;;2*-1. The van der Waals surface area contributed by atoms with Crippen molar-refractivity contribution in [3.05, 3.63) is 0 Å². The third kappa shape index (κ3) is 120. The summed E-state index contributed by atoms with van der Waals surface area (Å²) < 4.78 is 53.3. The molecular formula is C6H32CaMgO30P6. The van der Waals surface area contributed by atoms with E-state index in [0.717, 1.165) is 0 Å². The molecule has 0 spiro atoms. The van der Waals surface area contributed by atoms with Gasteiger partial charge in [0.25, 0.3) is 0 Å². The first-order valence-corrected chi connectivity index (χ1v) is 17.6. The molecule has 30 nitrogen and oxygen atoms in total. The van der Waals surface area contributed by atoms with E-state index < -0.39 is 83.6 Å². The van der Waals surface area contributed by atoms with Crippen molar-refractivity contribution in [2.24, 2.45) is 0 Å². The first-order valence-electron chi connectivity index (χ1n) is 8.24. The smallest absolute Gasteiger partial charge is 1.00 e. The molecule has 0 saturated heterocycles. The zero-order valence-corrected chi connectivity index (χ0v) is 29.7. The summed E-state index contributed by atoms with van der Waals surface area (Å²) in [6, 6.07) is 0. The molecule has 1 aliphatic carbocycles. The molecule has 0 unspecified atom stereocenters. The van der Waals surface area contributed by atoms with Crippen molar-refractivity contribution < 1.29 is 149 Å². The van der Waals surface area contributed by atoms with E-state index in [0.29, 0.717) is 0 Å². The summed E-state index contributed by atoms with van der Waals surface area (Å²) >= 11 is 0. The van der Waals surface area contributed by atoms with Crippen LogP contribution < -0.4 is 0 Å². The molecular weight excluding hydrogens is 802 g/mol. The summed E-state index contributed by atoms with van der Waals surface area (Å²) in [5, 5.41) is 53.8. The van der Waals surface area contributed by atoms with Crippen molar-refractivity contribution in [3.63, 3.8) is 0 Å². The number of aliphatic hydroxyl groups excluding tert-OH is 6. The summed E-state index contributed by atoms with van der Waals surface area (Å²) in [5.41, 5.74) is 0. The minimum atomic E-state index is -4.64. The van der Waals surface area contributed by atoms with Crippen LogP contribution in [0.4, 0.5) is 0 Å². The van der Waals surface area contributed by atoms with Crippen molar-refractivity contribution in [2.45, 2.75) is 36.6 Å². The van der Waals surface area contributed by atoms with Gasteiger partial charge in [0.05, 0.1) is 0 Å². The predicted octanol–water partition coefficient (Wildman–Crippen LogP) is -9.94. The normalized spacial score (nSPS) is 23.2. The number of aliphatic hydroxyl groups is 6. The van der Waals surface area contributed by atoms with Crippen LogP contribution >= 0.6 is 46.9 Å². The van der Waals surface area contributed by atoms with Crippen molar-refractivity contribution in [1.29, 1.82) is 0 Å². The maximum absolute atomic E-state index is 8.97. The molecule has 0 heterocycles. The second-order valence-electron chi connectivity index (χ2n) is 6.02. The third-order valence-electron chi connectivity index (χ3n) is 2.10. The van der Waals surface area contributed by atoms with E-state index in [1.807, 2.05) is 0 Å². The van der Waals surface area contributed by atoms with Gasteiger partial charge in [0.2, 0.25) is 0 Å². The molecule has 1 saturated carbocycles. The van der Waals surface area contributed by atoms with Gasteiger partial charge in [-0.15, -0.1) is 0 Å². The van der Waals surface area contributed by atoms with Gasteiger partial charge in [-0.05, 0) is 0 Å². The molecule has 1 rings (SSSR count). The van der Waals surface area contributed by atoms with Gasteiger partial charge in [-0.25, -0.2) is 27.4 Å². The number of rotatable bonds is 0. The Kier molecular flexibility index (Phi) is 41.6. The first-order chi connectivity index (χ1) is 17.5. The van der Waals surface area contributed by atoms with Crippen LogP contribution in [-0.4, -0.2) is 216 Å². The Morgan fingerprint density at radius 3 is 0.318 bits per heavy atom. The van der Waals surface area contributed by atoms with Gasteiger partial charge in [0.15, 0.2) is 0 Å². The molecule has 0 aromatic heterocycles. The Bertz CT molecular complexity index is 719. The molecule has 1 fully saturated rings. The average Bonchev–Trinajstić information content (AvgIpc) is 2.55. The van der Waals surface area contributed by atoms with Crippen LogP contribution in [0.3, 0.4) is 0 Å². The maximum atomic E-state index is 8.97. The molecule has 0 aromatic carbocycles. The summed E-state index contributed by atoms with van der Waals surface area (Å²) in [4.78, 5) is 129. The summed E-state index contributed by atoms with van der Waals surface area (Å²) in [7, 11) is -27.8. The first kappa shape index (κ1) is 64.9. The molecule has 0 bridgehead atoms. The van der Waals surface area contributed by atoms with E-state index >= 15 is 0 Å². The number of phosphoric acid groups is 6. The van der Waals surface area contributed by atoms with Crippen LogP contribution in [0.15, 0.2) is 0 Å². The van der Waals surface area contributed by atoms with Crippen LogP contribution in [0.5, 0.6) is 0 Å². The van der Waals surface area contributed by atoms with Crippen LogP contribution in [0, 0.1) is 0 Å². The molecule has 2 radical (unpaired) electrons. The van der Waals surface area contributed by atoms with Gasteiger partial charge >= 0.3 is 70.0 Å². The fourth-order valence-corrected chi connectivity index (χ4v) is 1.21. The zero-order chi connectivity index (χ0) is 36.5. The second-order valence-corrected chi connectivity index (χ2v) is 12.2. The van der Waals surface area contributed by atoms with Gasteiger partial charge in [-0.3, -0.25) is 0 Å². The predicted molar refractivity (Wildman–Crippen MR) is 135 cm³/mol. The topological polar surface area (TPSA) is 588 Å². The zero-order valence-electron chi connectivity index (χ0n) is 22.7. The van der Waals surface area contributed by atoms with E-state index in [1.54, 1.807) is 0 Å². The van der Waals surface area contributed by atoms with E-state index in [2.05, 4.69) is 0 Å². The van der Waals surface area contributed by atoms with E-state index in [4.69, 9.17) is 146 Å². The van der Waals surface area contributed by atoms with Gasteiger partial charge < -0.3 is 122 Å². The minimum absolute atomic E-state index is 0. The van der Waals surface area contributed by atoms with Crippen molar-refractivity contribution in [1.82, 2.24) is 0 Å². The van der Waals surface area contributed by atoms with E-state index in [9.17, 15) is 0 Å². The molecule has 1 aliphatic rings. The van der Waals surface area contributed by atoms with Crippen LogP contribution in [0.2, 0.25) is 0 Å². The molecule has 0 amide bonds. The van der Waals surface area contributed by atoms with Crippen molar-refractivity contribution in [2.75, 3.05) is 0 Å². The minimum Gasteiger partial charge on any atom is -1.00 e. The fraction of sp³-hybridized carbons (Fsp3) is 1.00. The Balaban J connectivity index is -0.0000000422. The second kappa shape index (κ2) is 28.2. The van der Waals surface area contributed by atoms with Gasteiger partial charge in [-0.2, -0.15) is 0 Å². The largest absolute Gasteiger partial charge is 2.00 e. The van der Waals surface area contributed by atoms with E-state index in [-0.39, 0.29) is 63.6 Å². The Morgan fingerprint density at radius 1 is 0.273 bits per heavy atom. The molecule has 0 aliphatic heterocycles. The number of hydrogen-bond donors (Lipinski definition) is 24. The van der Waals surface area contributed by atoms with Crippen LogP contribution in [0.25, 0.3) is 0 Å². The van der Waals surface area contributed by atoms with Crippen molar-refractivity contribution >= 4 is 108 Å². The van der Waals surface area contributed by atoms with Gasteiger partial charge in [0, 0.05) is 37.7 Å². The average molecular weight is 835 g/mol. The maximum Gasteiger partial charge on any atom is 2.00 e. The van der Waals surface area contributed by atoms with Crippen molar-refractivity contribution in [3.8, 4) is 0 Å². The molecule has 0 aromatic rings. The Labute approximate surface area is 291 Å². The summed E-state index contributed by atoms with van der Waals surface area (Å²) in [6.07, 6.45) is -9.84. The van der Waals surface area contributed by atoms with Crippen LogP contribution in [-0.2, 0) is 27.4 Å². The summed E-state index contributed by atoms with van der Waals surface area (Å²) in [5.74, 6) is 0.